The van der Waals surface area contributed by atoms with E-state index in [-0.39, 0.29) is 21.4 Å². The molecule has 1 rings (SSSR count). The van der Waals surface area contributed by atoms with Crippen molar-refractivity contribution in [3.8, 4) is 0 Å². The molecular weight excluding hydrogens is 336 g/mol. The van der Waals surface area contributed by atoms with E-state index in [0.29, 0.717) is 13.1 Å². The van der Waals surface area contributed by atoms with Crippen molar-refractivity contribution in [1.29, 1.82) is 0 Å². The molecule has 7 heteroatoms. The Hall–Kier alpha value is -1.11. The lowest BCUT2D eigenvalue weighted by Gasteiger charge is -2.25. The van der Waals surface area contributed by atoms with Crippen molar-refractivity contribution in [2.24, 2.45) is 0 Å². The topological polar surface area (TPSA) is 66.5 Å². The molecule has 0 saturated carbocycles. The van der Waals surface area contributed by atoms with E-state index in [4.69, 9.17) is 11.6 Å². The van der Waals surface area contributed by atoms with Crippen molar-refractivity contribution in [2.45, 2.75) is 51.5 Å². The predicted molar refractivity (Wildman–Crippen MR) is 93.4 cm³/mol. The highest BCUT2D eigenvalue weighted by Crippen LogP contribution is 2.23. The van der Waals surface area contributed by atoms with Crippen LogP contribution in [0.1, 0.15) is 51.4 Å². The third-order valence-electron chi connectivity index (χ3n) is 3.86. The lowest BCUT2D eigenvalue weighted by molar-refractivity contribution is 0.0911. The van der Waals surface area contributed by atoms with Gasteiger partial charge in [-0.1, -0.05) is 32.4 Å². The van der Waals surface area contributed by atoms with E-state index in [1.807, 2.05) is 20.8 Å². The summed E-state index contributed by atoms with van der Waals surface area (Å²) in [5.74, 6) is -0.376. The molecule has 0 spiro atoms. The Morgan fingerprint density at radius 1 is 1.22 bits per heavy atom. The molecule has 0 fully saturated rings. The smallest absolute Gasteiger partial charge is 0.253 e. The molecule has 0 heterocycles. The number of hydrogen-bond donors (Lipinski definition) is 1. The highest BCUT2D eigenvalue weighted by Gasteiger charge is 2.25. The average Bonchev–Trinajstić information content (AvgIpc) is 2.47. The Morgan fingerprint density at radius 3 is 2.26 bits per heavy atom. The van der Waals surface area contributed by atoms with Gasteiger partial charge in [0.05, 0.1) is 15.5 Å². The number of hydrogen-bond acceptors (Lipinski definition) is 3. The fourth-order valence-electron chi connectivity index (χ4n) is 2.01. The third-order valence-corrected chi connectivity index (χ3v) is 6.24. The van der Waals surface area contributed by atoms with Gasteiger partial charge in [0.25, 0.3) is 5.91 Å². The van der Waals surface area contributed by atoms with Crippen molar-refractivity contribution >= 4 is 27.5 Å². The number of carbonyl (C=O) groups is 1. The summed E-state index contributed by atoms with van der Waals surface area (Å²) in [6, 6.07) is 4.22. The van der Waals surface area contributed by atoms with E-state index in [9.17, 15) is 13.2 Å². The Kier molecular flexibility index (Phi) is 6.62. The molecule has 0 radical (unpaired) electrons. The molecule has 0 aliphatic carbocycles. The first kappa shape index (κ1) is 19.9. The zero-order valence-corrected chi connectivity index (χ0v) is 15.9. The number of nitrogens with one attached hydrogen (secondary N) is 1. The lowest BCUT2D eigenvalue weighted by atomic mass is 10.0. The molecule has 0 aromatic heterocycles. The Balaban J connectivity index is 3.26. The van der Waals surface area contributed by atoms with Crippen LogP contribution in [-0.2, 0) is 10.0 Å². The van der Waals surface area contributed by atoms with Crippen LogP contribution >= 0.6 is 11.6 Å². The third kappa shape index (κ3) is 4.68. The molecule has 1 amide bonds. The van der Waals surface area contributed by atoms with Crippen molar-refractivity contribution in [2.75, 3.05) is 13.1 Å². The van der Waals surface area contributed by atoms with Crippen molar-refractivity contribution in [3.05, 3.63) is 28.8 Å². The van der Waals surface area contributed by atoms with Crippen LogP contribution in [0.25, 0.3) is 0 Å². The molecule has 0 saturated heterocycles. The van der Waals surface area contributed by atoms with Gasteiger partial charge in [0.2, 0.25) is 10.0 Å². The molecule has 0 aliphatic rings. The summed E-state index contributed by atoms with van der Waals surface area (Å²) < 4.78 is 26.5. The molecule has 0 atom stereocenters. The SMILES string of the molecule is CCN(CC)S(=O)(=O)c1ccc(Cl)c(C(=O)NC(C)(C)CC)c1. The van der Waals surface area contributed by atoms with Crippen LogP contribution in [0.3, 0.4) is 0 Å². The van der Waals surface area contributed by atoms with Gasteiger partial charge < -0.3 is 5.32 Å². The predicted octanol–water partition coefficient (Wildman–Crippen LogP) is 3.29. The van der Waals surface area contributed by atoms with Crippen molar-refractivity contribution in [1.82, 2.24) is 9.62 Å². The maximum atomic E-state index is 12.6. The van der Waals surface area contributed by atoms with Crippen LogP contribution in [0.2, 0.25) is 5.02 Å². The average molecular weight is 361 g/mol. The minimum absolute atomic E-state index is 0.0741. The van der Waals surface area contributed by atoms with Gasteiger partial charge in [-0.05, 0) is 38.5 Å². The first-order valence-electron chi connectivity index (χ1n) is 7.71. The van der Waals surface area contributed by atoms with Gasteiger partial charge in [-0.15, -0.1) is 0 Å². The highest BCUT2D eigenvalue weighted by atomic mass is 35.5. The molecule has 0 bridgehead atoms. The summed E-state index contributed by atoms with van der Waals surface area (Å²) in [5, 5.41) is 3.10. The maximum absolute atomic E-state index is 12.6. The zero-order valence-electron chi connectivity index (χ0n) is 14.3. The minimum Gasteiger partial charge on any atom is -0.347 e. The van der Waals surface area contributed by atoms with Crippen LogP contribution in [0.5, 0.6) is 0 Å². The number of rotatable bonds is 7. The van der Waals surface area contributed by atoms with Gasteiger partial charge in [0, 0.05) is 18.6 Å². The molecule has 23 heavy (non-hydrogen) atoms. The van der Waals surface area contributed by atoms with Gasteiger partial charge in [-0.25, -0.2) is 8.42 Å². The summed E-state index contributed by atoms with van der Waals surface area (Å²) in [4.78, 5) is 12.5. The second-order valence-corrected chi connectivity index (χ2v) is 8.27. The number of amides is 1. The molecular formula is C16H25ClN2O3S. The fraction of sp³-hybridized carbons (Fsp3) is 0.562. The Labute approximate surface area is 144 Å². The number of nitrogens with zero attached hydrogens (tertiary/aromatic N) is 1. The highest BCUT2D eigenvalue weighted by molar-refractivity contribution is 7.89. The Bertz CT molecular complexity index is 668. The van der Waals surface area contributed by atoms with Gasteiger partial charge in [-0.2, -0.15) is 4.31 Å². The second kappa shape index (κ2) is 7.64. The Morgan fingerprint density at radius 2 is 1.78 bits per heavy atom. The number of benzene rings is 1. The minimum atomic E-state index is -3.63. The lowest BCUT2D eigenvalue weighted by Crippen LogP contribution is -2.43. The van der Waals surface area contributed by atoms with E-state index in [1.54, 1.807) is 13.8 Å². The molecule has 5 nitrogen and oxygen atoms in total. The van der Waals surface area contributed by atoms with E-state index in [1.165, 1.54) is 22.5 Å². The summed E-state index contributed by atoms with van der Waals surface area (Å²) in [5.41, 5.74) is -0.227. The van der Waals surface area contributed by atoms with Crippen molar-refractivity contribution in [3.63, 3.8) is 0 Å². The summed E-state index contributed by atoms with van der Waals surface area (Å²) in [6.07, 6.45) is 0.744. The molecule has 0 unspecified atom stereocenters. The molecule has 1 N–H and O–H groups in total. The largest absolute Gasteiger partial charge is 0.347 e. The van der Waals surface area contributed by atoms with E-state index < -0.39 is 15.6 Å². The van der Waals surface area contributed by atoms with Crippen LogP contribution < -0.4 is 5.32 Å². The summed E-state index contributed by atoms with van der Waals surface area (Å²) in [6.45, 7) is 10.0. The number of carbonyl (C=O) groups excluding carboxylic acids is 1. The van der Waals surface area contributed by atoms with E-state index in [2.05, 4.69) is 5.32 Å². The van der Waals surface area contributed by atoms with Crippen LogP contribution in [0.15, 0.2) is 23.1 Å². The summed E-state index contributed by atoms with van der Waals surface area (Å²) in [7, 11) is -3.63. The number of halogens is 1. The van der Waals surface area contributed by atoms with Crippen LogP contribution in [-0.4, -0.2) is 37.3 Å². The van der Waals surface area contributed by atoms with E-state index in [0.717, 1.165) is 6.42 Å². The maximum Gasteiger partial charge on any atom is 0.253 e. The molecule has 1 aromatic rings. The normalized spacial score (nSPS) is 12.5. The molecule has 0 aliphatic heterocycles. The van der Waals surface area contributed by atoms with Gasteiger partial charge >= 0.3 is 0 Å². The summed E-state index contributed by atoms with van der Waals surface area (Å²) >= 11 is 6.09. The number of sulfonamides is 1. The van der Waals surface area contributed by atoms with Crippen LogP contribution in [0, 0.1) is 0 Å². The van der Waals surface area contributed by atoms with Gasteiger partial charge in [-0.3, -0.25) is 4.79 Å². The quantitative estimate of drug-likeness (QED) is 0.811. The van der Waals surface area contributed by atoms with Crippen molar-refractivity contribution < 1.29 is 13.2 Å². The second-order valence-electron chi connectivity index (χ2n) is 5.92. The zero-order chi connectivity index (χ0) is 17.8. The molecule has 1 aromatic carbocycles. The van der Waals surface area contributed by atoms with Gasteiger partial charge in [0.15, 0.2) is 0 Å². The van der Waals surface area contributed by atoms with E-state index >= 15 is 0 Å². The monoisotopic (exact) mass is 360 g/mol. The fourth-order valence-corrected chi connectivity index (χ4v) is 3.70. The first-order chi connectivity index (χ1) is 10.6. The van der Waals surface area contributed by atoms with Crippen LogP contribution in [0.4, 0.5) is 0 Å². The van der Waals surface area contributed by atoms with Gasteiger partial charge in [0.1, 0.15) is 0 Å². The first-order valence-corrected chi connectivity index (χ1v) is 9.53. The molecule has 130 valence electrons. The standard InChI is InChI=1S/C16H25ClN2O3S/c1-6-16(4,5)18-15(20)13-11-12(9-10-14(13)17)23(21,22)19(7-2)8-3/h9-11H,6-8H2,1-5H3,(H,18,20).